The summed E-state index contributed by atoms with van der Waals surface area (Å²) in [5, 5.41) is 8.53. The van der Waals surface area contributed by atoms with E-state index in [4.69, 9.17) is 5.11 Å². The molecule has 0 fully saturated rings. The average molecular weight is 212 g/mol. The van der Waals surface area contributed by atoms with Crippen LogP contribution >= 0.6 is 0 Å². The highest BCUT2D eigenvalue weighted by molar-refractivity contribution is 5.89. The summed E-state index contributed by atoms with van der Waals surface area (Å²) < 4.78 is 17.3. The molecule has 1 N–H and O–H groups in total. The third kappa shape index (κ3) is 3.32. The number of carbonyl (C=O) groups is 1. The predicted molar refractivity (Wildman–Crippen MR) is 53.5 cm³/mol. The number of carbonyl (C=O) groups excluding carboxylic acids is 1. The van der Waals surface area contributed by atoms with Crippen LogP contribution in [0.25, 0.3) is 0 Å². The minimum absolute atomic E-state index is 0.151. The van der Waals surface area contributed by atoms with Gasteiger partial charge in [0, 0.05) is 6.42 Å². The molecule has 0 amide bonds. The minimum atomic E-state index is -1.26. The number of halogens is 1. The highest BCUT2D eigenvalue weighted by Crippen LogP contribution is 2.09. The molecular formula is C11H13FO3. The van der Waals surface area contributed by atoms with E-state index >= 15 is 0 Å². The maximum atomic E-state index is 12.8. The van der Waals surface area contributed by atoms with Crippen LogP contribution in [-0.2, 0) is 11.2 Å². The number of esters is 1. The normalized spacial score (nSPS) is 12.2. The Hall–Kier alpha value is -1.42. The molecule has 1 aromatic rings. The second kappa shape index (κ2) is 5.46. The summed E-state index contributed by atoms with van der Waals surface area (Å²) in [7, 11) is 1.31. The molecule has 0 aliphatic carbocycles. The van der Waals surface area contributed by atoms with Crippen LogP contribution in [0.4, 0.5) is 4.39 Å². The van der Waals surface area contributed by atoms with E-state index < -0.39 is 18.7 Å². The number of aliphatic hydroxyl groups excluding tert-OH is 1. The van der Waals surface area contributed by atoms with Gasteiger partial charge >= 0.3 is 5.97 Å². The van der Waals surface area contributed by atoms with Gasteiger partial charge in [0.1, 0.15) is 6.17 Å². The van der Waals surface area contributed by atoms with Gasteiger partial charge in [-0.2, -0.15) is 0 Å². The fraction of sp³-hybridized carbons (Fsp3) is 0.364. The van der Waals surface area contributed by atoms with Gasteiger partial charge in [0.15, 0.2) is 0 Å². The molecule has 0 aliphatic rings. The fourth-order valence-electron chi connectivity index (χ4n) is 1.22. The monoisotopic (exact) mass is 212 g/mol. The van der Waals surface area contributed by atoms with E-state index in [0.717, 1.165) is 5.56 Å². The van der Waals surface area contributed by atoms with Crippen molar-refractivity contribution >= 4 is 5.97 Å². The first-order valence-electron chi connectivity index (χ1n) is 4.59. The van der Waals surface area contributed by atoms with E-state index in [9.17, 15) is 9.18 Å². The van der Waals surface area contributed by atoms with Crippen molar-refractivity contribution in [1.82, 2.24) is 0 Å². The molecule has 0 saturated carbocycles. The van der Waals surface area contributed by atoms with Gasteiger partial charge in [-0.05, 0) is 17.7 Å². The number of alkyl halides is 1. The van der Waals surface area contributed by atoms with Crippen molar-refractivity contribution in [2.75, 3.05) is 13.7 Å². The van der Waals surface area contributed by atoms with Crippen molar-refractivity contribution in [3.63, 3.8) is 0 Å². The number of hydrogen-bond acceptors (Lipinski definition) is 3. The average Bonchev–Trinajstić information content (AvgIpc) is 2.29. The van der Waals surface area contributed by atoms with Crippen LogP contribution in [0.1, 0.15) is 15.9 Å². The van der Waals surface area contributed by atoms with Crippen molar-refractivity contribution in [1.29, 1.82) is 0 Å². The van der Waals surface area contributed by atoms with Gasteiger partial charge in [0.25, 0.3) is 0 Å². The van der Waals surface area contributed by atoms with Crippen LogP contribution in [0.3, 0.4) is 0 Å². The number of hydrogen-bond donors (Lipinski definition) is 1. The van der Waals surface area contributed by atoms with Gasteiger partial charge in [0.05, 0.1) is 19.3 Å². The number of benzene rings is 1. The molecule has 0 bridgehead atoms. The Labute approximate surface area is 87.5 Å². The molecule has 1 aromatic carbocycles. The molecule has 3 nitrogen and oxygen atoms in total. The molecule has 0 heterocycles. The van der Waals surface area contributed by atoms with Crippen molar-refractivity contribution in [2.45, 2.75) is 12.6 Å². The lowest BCUT2D eigenvalue weighted by molar-refractivity contribution is 0.0600. The third-order valence-corrected chi connectivity index (χ3v) is 2.03. The molecule has 0 aliphatic heterocycles. The number of rotatable bonds is 4. The summed E-state index contributed by atoms with van der Waals surface area (Å²) in [6.07, 6.45) is -1.10. The quantitative estimate of drug-likeness (QED) is 0.766. The first-order chi connectivity index (χ1) is 7.17. The van der Waals surface area contributed by atoms with Gasteiger partial charge in [-0.1, -0.05) is 12.1 Å². The third-order valence-electron chi connectivity index (χ3n) is 2.03. The van der Waals surface area contributed by atoms with Crippen LogP contribution in [-0.4, -0.2) is 31.0 Å². The lowest BCUT2D eigenvalue weighted by atomic mass is 10.1. The Morgan fingerprint density at radius 3 is 2.53 bits per heavy atom. The minimum Gasteiger partial charge on any atom is -0.465 e. The summed E-state index contributed by atoms with van der Waals surface area (Å²) in [4.78, 5) is 11.1. The smallest absolute Gasteiger partial charge is 0.337 e. The van der Waals surface area contributed by atoms with Crippen LogP contribution in [0, 0.1) is 0 Å². The van der Waals surface area contributed by atoms with Gasteiger partial charge in [-0.25, -0.2) is 9.18 Å². The molecule has 0 saturated heterocycles. The SMILES string of the molecule is COC(=O)c1ccc(CC(F)CO)cc1. The molecule has 1 unspecified atom stereocenters. The van der Waals surface area contributed by atoms with Crippen molar-refractivity contribution in [3.8, 4) is 0 Å². The lowest BCUT2D eigenvalue weighted by Crippen LogP contribution is -2.09. The largest absolute Gasteiger partial charge is 0.465 e. The summed E-state index contributed by atoms with van der Waals surface area (Å²) in [6, 6.07) is 6.44. The molecule has 0 aromatic heterocycles. The van der Waals surface area contributed by atoms with E-state index in [1.165, 1.54) is 7.11 Å². The van der Waals surface area contributed by atoms with E-state index in [1.54, 1.807) is 24.3 Å². The van der Waals surface area contributed by atoms with Gasteiger partial charge in [-0.15, -0.1) is 0 Å². The number of methoxy groups -OCH3 is 1. The van der Waals surface area contributed by atoms with Crippen LogP contribution < -0.4 is 0 Å². The zero-order valence-electron chi connectivity index (χ0n) is 8.44. The maximum Gasteiger partial charge on any atom is 0.337 e. The van der Waals surface area contributed by atoms with Crippen molar-refractivity contribution in [2.24, 2.45) is 0 Å². The summed E-state index contributed by atoms with van der Waals surface area (Å²) in [5.74, 6) is -0.416. The molecule has 0 radical (unpaired) electrons. The second-order valence-corrected chi connectivity index (χ2v) is 3.17. The predicted octanol–water partition coefficient (Wildman–Crippen LogP) is 1.35. The Balaban J connectivity index is 2.68. The van der Waals surface area contributed by atoms with Crippen molar-refractivity contribution in [3.05, 3.63) is 35.4 Å². The molecule has 1 rings (SSSR count). The first-order valence-corrected chi connectivity index (χ1v) is 4.59. The highest BCUT2D eigenvalue weighted by Gasteiger charge is 2.08. The summed E-state index contributed by atoms with van der Waals surface area (Å²) >= 11 is 0. The maximum absolute atomic E-state index is 12.8. The van der Waals surface area contributed by atoms with Gasteiger partial charge in [-0.3, -0.25) is 0 Å². The number of ether oxygens (including phenoxy) is 1. The molecule has 15 heavy (non-hydrogen) atoms. The summed E-state index contributed by atoms with van der Waals surface area (Å²) in [6.45, 7) is -0.487. The topological polar surface area (TPSA) is 46.5 Å². The zero-order valence-corrected chi connectivity index (χ0v) is 8.44. The van der Waals surface area contributed by atoms with E-state index in [2.05, 4.69) is 4.74 Å². The van der Waals surface area contributed by atoms with E-state index in [1.807, 2.05) is 0 Å². The van der Waals surface area contributed by atoms with Gasteiger partial charge < -0.3 is 9.84 Å². The molecule has 82 valence electrons. The molecule has 1 atom stereocenters. The molecule has 4 heteroatoms. The molecule has 0 spiro atoms. The second-order valence-electron chi connectivity index (χ2n) is 3.17. The number of aliphatic hydroxyl groups is 1. The van der Waals surface area contributed by atoms with Crippen LogP contribution in [0.5, 0.6) is 0 Å². The summed E-state index contributed by atoms with van der Waals surface area (Å²) in [5.41, 5.74) is 1.17. The van der Waals surface area contributed by atoms with Crippen LogP contribution in [0.15, 0.2) is 24.3 Å². The van der Waals surface area contributed by atoms with Crippen LogP contribution in [0.2, 0.25) is 0 Å². The lowest BCUT2D eigenvalue weighted by Gasteiger charge is -2.05. The van der Waals surface area contributed by atoms with Gasteiger partial charge in [0.2, 0.25) is 0 Å². The Kier molecular flexibility index (Phi) is 4.24. The fourth-order valence-corrected chi connectivity index (χ4v) is 1.22. The highest BCUT2D eigenvalue weighted by atomic mass is 19.1. The Morgan fingerprint density at radius 1 is 1.47 bits per heavy atom. The van der Waals surface area contributed by atoms with Crippen molar-refractivity contribution < 1.29 is 19.0 Å². The standard InChI is InChI=1S/C11H13FO3/c1-15-11(14)9-4-2-8(3-5-9)6-10(12)7-13/h2-5,10,13H,6-7H2,1H3. The Morgan fingerprint density at radius 2 is 2.07 bits per heavy atom. The first kappa shape index (κ1) is 11.7. The van der Waals surface area contributed by atoms with E-state index in [-0.39, 0.29) is 6.42 Å². The molecular weight excluding hydrogens is 199 g/mol. The zero-order chi connectivity index (χ0) is 11.3. The van der Waals surface area contributed by atoms with E-state index in [0.29, 0.717) is 5.56 Å². The Bertz CT molecular complexity index is 321.